The first-order valence-corrected chi connectivity index (χ1v) is 10.00. The van der Waals surface area contributed by atoms with Crippen molar-refractivity contribution in [2.75, 3.05) is 13.3 Å². The van der Waals surface area contributed by atoms with E-state index < -0.39 is 12.2 Å². The maximum Gasteiger partial charge on any atom is 0.317 e. The highest BCUT2D eigenvalue weighted by molar-refractivity contribution is 7.78. The lowest BCUT2D eigenvalue weighted by Gasteiger charge is -2.26. The number of thiocarbonyl (C=S) groups is 1. The lowest BCUT2D eigenvalue weighted by molar-refractivity contribution is -0.139. The maximum absolute atomic E-state index is 11.2. The van der Waals surface area contributed by atoms with Crippen LogP contribution in [0, 0.1) is 0 Å². The first-order valence-electron chi connectivity index (χ1n) is 9.59. The van der Waals surface area contributed by atoms with E-state index in [0.29, 0.717) is 12.1 Å². The molecule has 0 fully saturated rings. The molecule has 0 saturated heterocycles. The lowest BCUT2D eigenvalue weighted by Crippen LogP contribution is -2.40. The number of nitrogens with zero attached hydrogens (tertiary/aromatic N) is 3. The number of ether oxygens (including phenoxy) is 1. The van der Waals surface area contributed by atoms with E-state index in [1.807, 2.05) is 31.2 Å². The Morgan fingerprint density at radius 2 is 1.77 bits per heavy atom. The summed E-state index contributed by atoms with van der Waals surface area (Å²) in [6.45, 7) is 1.72. The molecule has 0 amide bonds. The van der Waals surface area contributed by atoms with Crippen LogP contribution in [0.1, 0.15) is 18.1 Å². The molecule has 0 aliphatic heterocycles. The zero-order valence-corrected chi connectivity index (χ0v) is 17.9. The second-order valence-electron chi connectivity index (χ2n) is 6.96. The molecule has 0 bridgehead atoms. The molecule has 0 spiro atoms. The minimum Gasteiger partial charge on any atom is -0.508 e. The molecule has 0 aliphatic carbocycles. The van der Waals surface area contributed by atoms with Gasteiger partial charge in [-0.1, -0.05) is 24.3 Å². The van der Waals surface area contributed by atoms with Gasteiger partial charge in [0.1, 0.15) is 12.5 Å². The molecule has 8 nitrogen and oxygen atoms in total. The van der Waals surface area contributed by atoms with Crippen LogP contribution in [0.4, 0.5) is 5.69 Å². The molecule has 3 N–H and O–H groups in total. The number of phenols is 1. The Bertz CT molecular complexity index is 912. The highest BCUT2D eigenvalue weighted by Crippen LogP contribution is 2.15. The minimum absolute atomic E-state index is 0.0101. The van der Waals surface area contributed by atoms with E-state index in [2.05, 4.69) is 27.4 Å². The standard InChI is InChI=1S/C22H25N3O5S/c1-16(10-17-2-6-19(7-3-17)24-14-31)25(12-22(28)29)15-30-13-23-21(27)11-18-4-8-20(26)9-5-18/h2-9,13,16,21,26-27H,10-12,15H2,1H3,(H,28,29). The monoisotopic (exact) mass is 443 g/mol. The molecule has 0 heterocycles. The van der Waals surface area contributed by atoms with Gasteiger partial charge >= 0.3 is 5.97 Å². The summed E-state index contributed by atoms with van der Waals surface area (Å²) < 4.78 is 5.37. The van der Waals surface area contributed by atoms with Crippen molar-refractivity contribution in [1.82, 2.24) is 4.90 Å². The van der Waals surface area contributed by atoms with Gasteiger partial charge in [-0.2, -0.15) is 4.99 Å². The van der Waals surface area contributed by atoms with Crippen LogP contribution in [0.15, 0.2) is 58.5 Å². The highest BCUT2D eigenvalue weighted by Gasteiger charge is 2.18. The van der Waals surface area contributed by atoms with Crippen LogP contribution in [0.25, 0.3) is 0 Å². The van der Waals surface area contributed by atoms with Crippen LogP contribution >= 0.6 is 12.2 Å². The fourth-order valence-electron chi connectivity index (χ4n) is 2.87. The summed E-state index contributed by atoms with van der Waals surface area (Å²) in [5.41, 5.74) is 2.54. The molecule has 31 heavy (non-hydrogen) atoms. The van der Waals surface area contributed by atoms with Crippen molar-refractivity contribution in [3.05, 3.63) is 59.7 Å². The summed E-state index contributed by atoms with van der Waals surface area (Å²) in [5, 5.41) is 30.8. The van der Waals surface area contributed by atoms with E-state index in [1.165, 1.54) is 12.1 Å². The molecule has 2 rings (SSSR count). The quantitative estimate of drug-likeness (QED) is 0.200. The number of benzene rings is 2. The SMILES string of the molecule is CC(Cc1ccc(N=C=S)cc1)N(COC=NC(O)Cc1ccc(O)cc1)CC(=O)O. The fraction of sp³-hybridized carbons (Fsp3) is 0.318. The fourth-order valence-corrected chi connectivity index (χ4v) is 2.98. The minimum atomic E-state index is -1.01. The largest absolute Gasteiger partial charge is 0.508 e. The third-order valence-corrected chi connectivity index (χ3v) is 4.60. The number of hydrogen-bond donors (Lipinski definition) is 3. The van der Waals surface area contributed by atoms with Gasteiger partial charge in [-0.25, -0.2) is 4.99 Å². The Labute approximate surface area is 186 Å². The summed E-state index contributed by atoms with van der Waals surface area (Å²) in [6, 6.07) is 13.8. The normalized spacial score (nSPS) is 13.0. The topological polar surface area (TPSA) is 115 Å². The Morgan fingerprint density at radius 1 is 1.16 bits per heavy atom. The molecule has 0 aromatic heterocycles. The molecule has 0 saturated carbocycles. The number of hydrogen-bond acceptors (Lipinski definition) is 8. The van der Waals surface area contributed by atoms with Crippen molar-refractivity contribution >= 4 is 35.4 Å². The van der Waals surface area contributed by atoms with Crippen LogP contribution in [0.3, 0.4) is 0 Å². The number of rotatable bonds is 12. The summed E-state index contributed by atoms with van der Waals surface area (Å²) in [6.07, 6.45) is 0.992. The van der Waals surface area contributed by atoms with Crippen molar-refractivity contribution in [2.45, 2.75) is 32.0 Å². The van der Waals surface area contributed by atoms with Gasteiger partial charge in [-0.05, 0) is 61.0 Å². The second kappa shape index (κ2) is 12.6. The van der Waals surface area contributed by atoms with Crippen molar-refractivity contribution in [1.29, 1.82) is 0 Å². The zero-order valence-electron chi connectivity index (χ0n) is 17.1. The predicted molar refractivity (Wildman–Crippen MR) is 121 cm³/mol. The number of phenolic OH excluding ortho intramolecular Hbond substituents is 1. The molecule has 2 unspecified atom stereocenters. The molecule has 0 aliphatic rings. The number of isothiocyanates is 1. The van der Waals surface area contributed by atoms with Crippen molar-refractivity contribution < 1.29 is 24.9 Å². The molecule has 0 radical (unpaired) electrons. The number of carbonyl (C=O) groups is 1. The number of aliphatic hydroxyl groups excluding tert-OH is 1. The van der Waals surface area contributed by atoms with Gasteiger partial charge in [-0.15, -0.1) is 0 Å². The average molecular weight is 444 g/mol. The maximum atomic E-state index is 11.2. The molecular weight excluding hydrogens is 418 g/mol. The molecule has 2 atom stereocenters. The van der Waals surface area contributed by atoms with Crippen molar-refractivity contribution in [3.8, 4) is 5.75 Å². The van der Waals surface area contributed by atoms with E-state index in [0.717, 1.165) is 17.5 Å². The van der Waals surface area contributed by atoms with Crippen LogP contribution in [-0.2, 0) is 22.4 Å². The van der Waals surface area contributed by atoms with E-state index in [4.69, 9.17) is 4.74 Å². The number of aromatic hydroxyl groups is 1. The molecule has 2 aromatic carbocycles. The average Bonchev–Trinajstić information content (AvgIpc) is 2.73. The van der Waals surface area contributed by atoms with E-state index in [9.17, 15) is 20.1 Å². The molecule has 2 aromatic rings. The van der Waals surface area contributed by atoms with Crippen molar-refractivity contribution in [3.63, 3.8) is 0 Å². The third-order valence-electron chi connectivity index (χ3n) is 4.51. The smallest absolute Gasteiger partial charge is 0.317 e. The number of carboxylic acids is 1. The Balaban J connectivity index is 1.87. The highest BCUT2D eigenvalue weighted by atomic mass is 32.1. The van der Waals surface area contributed by atoms with E-state index in [-0.39, 0.29) is 31.5 Å². The van der Waals surface area contributed by atoms with Gasteiger partial charge in [0.25, 0.3) is 0 Å². The van der Waals surface area contributed by atoms with Gasteiger partial charge in [0, 0.05) is 12.5 Å². The molecule has 9 heteroatoms. The van der Waals surface area contributed by atoms with Gasteiger partial charge in [0.15, 0.2) is 12.6 Å². The Kier molecular flexibility index (Phi) is 9.80. The third kappa shape index (κ3) is 9.06. The summed E-state index contributed by atoms with van der Waals surface area (Å²) >= 11 is 4.59. The van der Waals surface area contributed by atoms with Gasteiger partial charge in [0.05, 0.1) is 17.4 Å². The lowest BCUT2D eigenvalue weighted by atomic mass is 10.1. The summed E-state index contributed by atoms with van der Waals surface area (Å²) in [7, 11) is 0. The molecule has 164 valence electrons. The number of carboxylic acid groups (broad SMARTS) is 1. The van der Waals surface area contributed by atoms with Crippen molar-refractivity contribution in [2.24, 2.45) is 9.98 Å². The second-order valence-corrected chi connectivity index (χ2v) is 7.15. The van der Waals surface area contributed by atoms with Crippen LogP contribution in [0.2, 0.25) is 0 Å². The summed E-state index contributed by atoms with van der Waals surface area (Å²) in [4.78, 5) is 20.7. The van der Waals surface area contributed by atoms with Crippen LogP contribution in [0.5, 0.6) is 5.75 Å². The molecular formula is C22H25N3O5S. The number of aliphatic hydroxyl groups is 1. The van der Waals surface area contributed by atoms with Crippen LogP contribution in [-0.4, -0.2) is 63.3 Å². The van der Waals surface area contributed by atoms with E-state index >= 15 is 0 Å². The first kappa shape index (κ1) is 24.2. The Morgan fingerprint density at radius 3 is 2.39 bits per heavy atom. The first-order chi connectivity index (χ1) is 14.9. The van der Waals surface area contributed by atoms with Crippen LogP contribution < -0.4 is 0 Å². The predicted octanol–water partition coefficient (Wildman–Crippen LogP) is 3.01. The Hall–Kier alpha value is -3.10. The van der Waals surface area contributed by atoms with Gasteiger partial charge in [-0.3, -0.25) is 9.69 Å². The summed E-state index contributed by atoms with van der Waals surface area (Å²) in [5.74, 6) is -0.817. The van der Waals surface area contributed by atoms with Gasteiger partial charge in [0.2, 0.25) is 0 Å². The number of aliphatic carboxylic acids is 1. The number of aliphatic imine (C=N–C) groups is 2. The zero-order chi connectivity index (χ0) is 22.6. The van der Waals surface area contributed by atoms with E-state index in [1.54, 1.807) is 17.0 Å². The van der Waals surface area contributed by atoms with Gasteiger partial charge < -0.3 is 20.1 Å².